The van der Waals surface area contributed by atoms with Crippen LogP contribution in [0.1, 0.15) is 24.0 Å². The smallest absolute Gasteiger partial charge is 0.370 e. The van der Waals surface area contributed by atoms with Crippen LogP contribution in [0.2, 0.25) is 0 Å². The summed E-state index contributed by atoms with van der Waals surface area (Å²) in [5.74, 6) is 0.675. The van der Waals surface area contributed by atoms with E-state index >= 15 is 0 Å². The maximum Gasteiger partial charge on any atom is 0.416 e. The number of anilines is 1. The van der Waals surface area contributed by atoms with Crippen LogP contribution in [0.5, 0.6) is 0 Å². The van der Waals surface area contributed by atoms with Gasteiger partial charge >= 0.3 is 6.18 Å². The van der Waals surface area contributed by atoms with Crippen LogP contribution >= 0.6 is 12.2 Å². The van der Waals surface area contributed by atoms with Crippen molar-refractivity contribution in [1.29, 1.82) is 0 Å². The van der Waals surface area contributed by atoms with E-state index in [-0.39, 0.29) is 4.77 Å². The molecule has 1 aliphatic heterocycles. The Morgan fingerprint density at radius 2 is 2.00 bits per heavy atom. The van der Waals surface area contributed by atoms with Gasteiger partial charge in [0.2, 0.25) is 0 Å². The standard InChI is InChI=1S/C15H14F3N3S/c16-15(17,18)10-5-3-4-9(8-10)12-11-6-1-2-7-19-13(11)21-14(22)20-12/h3-5,8H,1-2,6-7H2,(H2,19,20,21,22). The first-order valence-electron chi connectivity index (χ1n) is 7.00. The lowest BCUT2D eigenvalue weighted by Crippen LogP contribution is -2.07. The maximum atomic E-state index is 12.9. The van der Waals surface area contributed by atoms with Gasteiger partial charge in [-0.2, -0.15) is 13.2 Å². The van der Waals surface area contributed by atoms with E-state index < -0.39 is 11.7 Å². The van der Waals surface area contributed by atoms with E-state index in [2.05, 4.69) is 15.3 Å². The van der Waals surface area contributed by atoms with Crippen molar-refractivity contribution in [2.75, 3.05) is 11.9 Å². The molecule has 3 rings (SSSR count). The lowest BCUT2D eigenvalue weighted by Gasteiger charge is -2.14. The molecule has 22 heavy (non-hydrogen) atoms. The Bertz CT molecular complexity index is 752. The fourth-order valence-electron chi connectivity index (χ4n) is 2.62. The van der Waals surface area contributed by atoms with E-state index in [1.54, 1.807) is 6.07 Å². The van der Waals surface area contributed by atoms with Gasteiger partial charge < -0.3 is 10.3 Å². The highest BCUT2D eigenvalue weighted by molar-refractivity contribution is 7.71. The van der Waals surface area contributed by atoms with E-state index in [9.17, 15) is 13.2 Å². The number of rotatable bonds is 1. The Morgan fingerprint density at radius 1 is 1.18 bits per heavy atom. The van der Waals surface area contributed by atoms with Crippen LogP contribution in [-0.2, 0) is 12.6 Å². The van der Waals surface area contributed by atoms with Crippen LogP contribution < -0.4 is 5.32 Å². The molecular formula is C15H14F3N3S. The van der Waals surface area contributed by atoms with Gasteiger partial charge in [0.05, 0.1) is 11.3 Å². The molecule has 0 amide bonds. The summed E-state index contributed by atoms with van der Waals surface area (Å²) in [6.07, 6.45) is -1.66. The van der Waals surface area contributed by atoms with Crippen molar-refractivity contribution in [2.24, 2.45) is 0 Å². The number of benzene rings is 1. The monoisotopic (exact) mass is 325 g/mol. The average Bonchev–Trinajstić information content (AvgIpc) is 2.71. The molecular weight excluding hydrogens is 311 g/mol. The van der Waals surface area contributed by atoms with Crippen molar-refractivity contribution in [3.8, 4) is 11.3 Å². The van der Waals surface area contributed by atoms with Gasteiger partial charge in [0.15, 0.2) is 4.77 Å². The number of aromatic amines is 1. The molecule has 3 nitrogen and oxygen atoms in total. The molecule has 7 heteroatoms. The lowest BCUT2D eigenvalue weighted by molar-refractivity contribution is -0.137. The van der Waals surface area contributed by atoms with Gasteiger partial charge in [-0.15, -0.1) is 0 Å². The zero-order valence-corrected chi connectivity index (χ0v) is 12.4. The molecule has 116 valence electrons. The third-order valence-corrected chi connectivity index (χ3v) is 3.85. The van der Waals surface area contributed by atoms with Crippen LogP contribution in [0.4, 0.5) is 19.0 Å². The zero-order chi connectivity index (χ0) is 15.7. The van der Waals surface area contributed by atoms with E-state index in [0.29, 0.717) is 17.1 Å². The normalized spacial score (nSPS) is 14.9. The van der Waals surface area contributed by atoms with Crippen LogP contribution in [0.15, 0.2) is 24.3 Å². The van der Waals surface area contributed by atoms with E-state index in [4.69, 9.17) is 12.2 Å². The van der Waals surface area contributed by atoms with Crippen LogP contribution in [0, 0.1) is 4.77 Å². The second-order valence-corrected chi connectivity index (χ2v) is 5.59. The summed E-state index contributed by atoms with van der Waals surface area (Å²) in [6.45, 7) is 0.792. The lowest BCUT2D eigenvalue weighted by atomic mass is 10.0. The number of hydrogen-bond donors (Lipinski definition) is 2. The first-order chi connectivity index (χ1) is 10.4. The highest BCUT2D eigenvalue weighted by Gasteiger charge is 2.30. The SMILES string of the molecule is FC(F)(F)c1cccc(-c2[nH]c(=S)nc3c2CCCCN3)c1. The molecule has 0 aliphatic carbocycles. The summed E-state index contributed by atoms with van der Waals surface area (Å²) in [5, 5.41) is 3.20. The fourth-order valence-corrected chi connectivity index (χ4v) is 2.81. The molecule has 1 aliphatic rings. The summed E-state index contributed by atoms with van der Waals surface area (Å²) < 4.78 is 39.0. The van der Waals surface area contributed by atoms with E-state index in [0.717, 1.165) is 43.5 Å². The Morgan fingerprint density at radius 3 is 2.77 bits per heavy atom. The van der Waals surface area contributed by atoms with Crippen molar-refractivity contribution in [1.82, 2.24) is 9.97 Å². The second kappa shape index (κ2) is 5.72. The fraction of sp³-hybridized carbons (Fsp3) is 0.333. The highest BCUT2D eigenvalue weighted by atomic mass is 32.1. The molecule has 1 aromatic heterocycles. The van der Waals surface area contributed by atoms with Crippen LogP contribution in [0.25, 0.3) is 11.3 Å². The summed E-state index contributed by atoms with van der Waals surface area (Å²) >= 11 is 5.11. The third-order valence-electron chi connectivity index (χ3n) is 3.66. The molecule has 1 aromatic carbocycles. The topological polar surface area (TPSA) is 40.7 Å². The number of nitrogens with one attached hydrogen (secondary N) is 2. The minimum absolute atomic E-state index is 0.264. The van der Waals surface area contributed by atoms with Gasteiger partial charge in [0.1, 0.15) is 5.82 Å². The predicted molar refractivity (Wildman–Crippen MR) is 81.3 cm³/mol. The highest BCUT2D eigenvalue weighted by Crippen LogP contribution is 2.34. The van der Waals surface area contributed by atoms with Gasteiger partial charge in [-0.05, 0) is 49.2 Å². The number of fused-ring (bicyclic) bond motifs is 1. The summed E-state index contributed by atoms with van der Waals surface area (Å²) in [5.41, 5.74) is 1.32. The molecule has 2 aromatic rings. The first kappa shape index (κ1) is 15.0. The van der Waals surface area contributed by atoms with Crippen molar-refractivity contribution >= 4 is 18.0 Å². The number of nitrogens with zero attached hydrogens (tertiary/aromatic N) is 1. The quantitative estimate of drug-likeness (QED) is 0.754. The molecule has 0 radical (unpaired) electrons. The predicted octanol–water partition coefficient (Wildman–Crippen LogP) is 4.57. The van der Waals surface area contributed by atoms with Gasteiger partial charge in [-0.3, -0.25) is 0 Å². The Balaban J connectivity index is 2.16. The van der Waals surface area contributed by atoms with Gasteiger partial charge in [-0.25, -0.2) is 4.98 Å². The summed E-state index contributed by atoms with van der Waals surface area (Å²) in [7, 11) is 0. The van der Waals surface area contributed by atoms with Crippen molar-refractivity contribution in [3.05, 3.63) is 40.2 Å². The molecule has 0 bridgehead atoms. The Hall–Kier alpha value is -1.89. The molecule has 0 saturated carbocycles. The average molecular weight is 325 g/mol. The second-order valence-electron chi connectivity index (χ2n) is 5.21. The van der Waals surface area contributed by atoms with Crippen LogP contribution in [0.3, 0.4) is 0 Å². The van der Waals surface area contributed by atoms with Crippen molar-refractivity contribution < 1.29 is 13.2 Å². The number of alkyl halides is 3. The summed E-state index contributed by atoms with van der Waals surface area (Å²) in [6, 6.07) is 5.27. The third kappa shape index (κ3) is 2.99. The van der Waals surface area contributed by atoms with Crippen molar-refractivity contribution in [3.63, 3.8) is 0 Å². The molecule has 2 N–H and O–H groups in total. The number of hydrogen-bond acceptors (Lipinski definition) is 3. The molecule has 0 saturated heterocycles. The minimum atomic E-state index is -4.37. The van der Waals surface area contributed by atoms with Gasteiger partial charge in [0, 0.05) is 12.1 Å². The first-order valence-corrected chi connectivity index (χ1v) is 7.41. The minimum Gasteiger partial charge on any atom is -0.370 e. The summed E-state index contributed by atoms with van der Waals surface area (Å²) in [4.78, 5) is 7.21. The number of halogens is 3. The Kier molecular flexibility index (Phi) is 3.90. The van der Waals surface area contributed by atoms with Crippen molar-refractivity contribution in [2.45, 2.75) is 25.4 Å². The maximum absolute atomic E-state index is 12.9. The molecule has 0 fully saturated rings. The van der Waals surface area contributed by atoms with Crippen LogP contribution in [-0.4, -0.2) is 16.5 Å². The molecule has 0 spiro atoms. The molecule has 2 heterocycles. The number of aromatic nitrogens is 2. The van der Waals surface area contributed by atoms with Gasteiger partial charge in [-0.1, -0.05) is 12.1 Å². The largest absolute Gasteiger partial charge is 0.416 e. The van der Waals surface area contributed by atoms with E-state index in [1.807, 2.05) is 0 Å². The van der Waals surface area contributed by atoms with Gasteiger partial charge in [0.25, 0.3) is 0 Å². The molecule has 0 atom stereocenters. The van der Waals surface area contributed by atoms with E-state index in [1.165, 1.54) is 6.07 Å². The zero-order valence-electron chi connectivity index (χ0n) is 11.6. The number of H-pyrrole nitrogens is 1. The molecule has 0 unspecified atom stereocenters. The Labute approximate surface area is 130 Å².